The number of hydrogen-bond donors (Lipinski definition) is 1. The first-order valence-corrected chi connectivity index (χ1v) is 7.91. The Bertz CT molecular complexity index is 532. The van der Waals surface area contributed by atoms with Gasteiger partial charge in [0.2, 0.25) is 11.8 Å². The molecule has 1 aliphatic heterocycles. The minimum Gasteiger partial charge on any atom is -0.312 e. The Labute approximate surface area is 122 Å². The maximum absolute atomic E-state index is 12.4. The molecular weight excluding hydrogens is 274 g/mol. The summed E-state index contributed by atoms with van der Waals surface area (Å²) in [6.45, 7) is 4.11. The molecule has 0 spiro atoms. The van der Waals surface area contributed by atoms with Crippen molar-refractivity contribution in [3.05, 3.63) is 11.1 Å². The SMILES string of the molecule is CNC(C)c1csc(N2C(=O)C3CC(C)CC3C2=O)n1. The van der Waals surface area contributed by atoms with E-state index in [9.17, 15) is 9.59 Å². The molecule has 1 saturated heterocycles. The molecule has 108 valence electrons. The smallest absolute Gasteiger partial charge is 0.239 e. The molecule has 20 heavy (non-hydrogen) atoms. The summed E-state index contributed by atoms with van der Waals surface area (Å²) >= 11 is 1.37. The molecule has 1 aliphatic carbocycles. The Kier molecular flexibility index (Phi) is 3.38. The van der Waals surface area contributed by atoms with E-state index < -0.39 is 0 Å². The van der Waals surface area contributed by atoms with Gasteiger partial charge in [0, 0.05) is 11.4 Å². The fourth-order valence-corrected chi connectivity index (χ4v) is 4.12. The summed E-state index contributed by atoms with van der Waals surface area (Å²) < 4.78 is 0. The number of rotatable bonds is 3. The van der Waals surface area contributed by atoms with Crippen LogP contribution in [-0.4, -0.2) is 23.8 Å². The molecule has 5 nitrogen and oxygen atoms in total. The summed E-state index contributed by atoms with van der Waals surface area (Å²) in [6.07, 6.45) is 1.66. The quantitative estimate of drug-likeness (QED) is 0.865. The standard InChI is InChI=1S/C14H19N3O2S/c1-7-4-9-10(5-7)13(19)17(12(9)18)14-16-11(6-20-14)8(2)15-3/h6-10,15H,4-5H2,1-3H3. The average molecular weight is 293 g/mol. The van der Waals surface area contributed by atoms with Crippen LogP contribution in [0.4, 0.5) is 5.13 Å². The maximum atomic E-state index is 12.4. The molecule has 3 unspecified atom stereocenters. The molecule has 2 aliphatic rings. The zero-order chi connectivity index (χ0) is 14.4. The third kappa shape index (κ3) is 1.98. The molecular formula is C14H19N3O2S. The van der Waals surface area contributed by atoms with Crippen molar-refractivity contribution >= 4 is 28.3 Å². The van der Waals surface area contributed by atoms with Gasteiger partial charge < -0.3 is 5.32 Å². The Balaban J connectivity index is 1.86. The average Bonchev–Trinajstić information content (AvgIpc) is 3.08. The van der Waals surface area contributed by atoms with Crippen LogP contribution in [-0.2, 0) is 9.59 Å². The van der Waals surface area contributed by atoms with Crippen LogP contribution < -0.4 is 10.2 Å². The highest BCUT2D eigenvalue weighted by Crippen LogP contribution is 2.44. The van der Waals surface area contributed by atoms with E-state index >= 15 is 0 Å². The zero-order valence-electron chi connectivity index (χ0n) is 11.9. The van der Waals surface area contributed by atoms with E-state index in [1.54, 1.807) is 0 Å². The molecule has 2 amide bonds. The van der Waals surface area contributed by atoms with Gasteiger partial charge >= 0.3 is 0 Å². The molecule has 1 N–H and O–H groups in total. The summed E-state index contributed by atoms with van der Waals surface area (Å²) in [7, 11) is 1.86. The van der Waals surface area contributed by atoms with Crippen LogP contribution in [0.1, 0.15) is 38.4 Å². The van der Waals surface area contributed by atoms with Gasteiger partial charge in [-0.2, -0.15) is 0 Å². The predicted molar refractivity (Wildman–Crippen MR) is 77.5 cm³/mol. The number of nitrogens with one attached hydrogen (secondary N) is 1. The first-order valence-electron chi connectivity index (χ1n) is 7.03. The van der Waals surface area contributed by atoms with Crippen molar-refractivity contribution in [1.29, 1.82) is 0 Å². The van der Waals surface area contributed by atoms with Crippen LogP contribution in [0.3, 0.4) is 0 Å². The first-order chi connectivity index (χ1) is 9.52. The number of amides is 2. The van der Waals surface area contributed by atoms with Crippen LogP contribution in [0, 0.1) is 17.8 Å². The number of carbonyl (C=O) groups is 2. The van der Waals surface area contributed by atoms with Crippen LogP contribution in [0.2, 0.25) is 0 Å². The van der Waals surface area contributed by atoms with E-state index in [1.807, 2.05) is 19.4 Å². The van der Waals surface area contributed by atoms with E-state index in [0.717, 1.165) is 18.5 Å². The molecule has 6 heteroatoms. The van der Waals surface area contributed by atoms with Gasteiger partial charge in [0.15, 0.2) is 5.13 Å². The highest BCUT2D eigenvalue weighted by molar-refractivity contribution is 7.14. The molecule has 1 saturated carbocycles. The minimum atomic E-state index is -0.119. The second kappa shape index (κ2) is 4.93. The Hall–Kier alpha value is -1.27. The highest BCUT2D eigenvalue weighted by atomic mass is 32.1. The Morgan fingerprint density at radius 3 is 2.50 bits per heavy atom. The van der Waals surface area contributed by atoms with Crippen LogP contribution >= 0.6 is 11.3 Å². The van der Waals surface area contributed by atoms with Crippen molar-refractivity contribution in [2.24, 2.45) is 17.8 Å². The van der Waals surface area contributed by atoms with Crippen molar-refractivity contribution in [2.45, 2.75) is 32.7 Å². The molecule has 2 heterocycles. The number of hydrogen-bond acceptors (Lipinski definition) is 5. The molecule has 0 aromatic carbocycles. The fraction of sp³-hybridized carbons (Fsp3) is 0.643. The van der Waals surface area contributed by atoms with Crippen LogP contribution in [0.5, 0.6) is 0 Å². The fourth-order valence-electron chi connectivity index (χ4n) is 3.19. The Morgan fingerprint density at radius 1 is 1.35 bits per heavy atom. The summed E-state index contributed by atoms with van der Waals surface area (Å²) in [6, 6.07) is 0.118. The van der Waals surface area contributed by atoms with Gasteiger partial charge in [0.05, 0.1) is 17.5 Å². The van der Waals surface area contributed by atoms with Gasteiger partial charge in [0.25, 0.3) is 0 Å². The molecule has 0 bridgehead atoms. The number of carbonyl (C=O) groups excluding carboxylic acids is 2. The zero-order valence-corrected chi connectivity index (χ0v) is 12.7. The number of imide groups is 1. The second-order valence-corrected chi connectivity index (χ2v) is 6.70. The lowest BCUT2D eigenvalue weighted by molar-refractivity contribution is -0.123. The van der Waals surface area contributed by atoms with Gasteiger partial charge in [-0.15, -0.1) is 11.3 Å². The number of fused-ring (bicyclic) bond motifs is 1. The van der Waals surface area contributed by atoms with Crippen molar-refractivity contribution < 1.29 is 9.59 Å². The predicted octanol–water partition coefficient (Wildman–Crippen LogP) is 1.96. The van der Waals surface area contributed by atoms with Gasteiger partial charge in [-0.25, -0.2) is 9.88 Å². The molecule has 3 atom stereocenters. The lowest BCUT2D eigenvalue weighted by atomic mass is 10.00. The molecule has 1 aromatic rings. The summed E-state index contributed by atoms with van der Waals surface area (Å²) in [5.74, 6) is 0.124. The highest BCUT2D eigenvalue weighted by Gasteiger charge is 2.53. The summed E-state index contributed by atoms with van der Waals surface area (Å²) in [5, 5.41) is 5.55. The first kappa shape index (κ1) is 13.7. The molecule has 2 fully saturated rings. The normalized spacial score (nSPS) is 30.9. The van der Waals surface area contributed by atoms with E-state index in [1.165, 1.54) is 16.2 Å². The molecule has 0 radical (unpaired) electrons. The van der Waals surface area contributed by atoms with Crippen LogP contribution in [0.25, 0.3) is 0 Å². The number of anilines is 1. The largest absolute Gasteiger partial charge is 0.312 e. The Morgan fingerprint density at radius 2 is 1.95 bits per heavy atom. The monoisotopic (exact) mass is 293 g/mol. The van der Waals surface area contributed by atoms with Crippen molar-refractivity contribution in [1.82, 2.24) is 10.3 Å². The topological polar surface area (TPSA) is 62.3 Å². The molecule has 3 rings (SSSR count). The summed E-state index contributed by atoms with van der Waals surface area (Å²) in [5.41, 5.74) is 0.874. The third-order valence-corrected chi connectivity index (χ3v) is 5.30. The maximum Gasteiger partial charge on any atom is 0.239 e. The third-order valence-electron chi connectivity index (χ3n) is 4.45. The molecule has 1 aromatic heterocycles. The lowest BCUT2D eigenvalue weighted by Gasteiger charge is -2.13. The van der Waals surface area contributed by atoms with Gasteiger partial charge in [-0.1, -0.05) is 6.92 Å². The van der Waals surface area contributed by atoms with Crippen molar-refractivity contribution in [3.63, 3.8) is 0 Å². The van der Waals surface area contributed by atoms with Gasteiger partial charge in [0.1, 0.15) is 0 Å². The van der Waals surface area contributed by atoms with Crippen molar-refractivity contribution in [2.75, 3.05) is 11.9 Å². The van der Waals surface area contributed by atoms with E-state index in [-0.39, 0.29) is 29.7 Å². The van der Waals surface area contributed by atoms with Crippen LogP contribution in [0.15, 0.2) is 5.38 Å². The van der Waals surface area contributed by atoms with Gasteiger partial charge in [-0.3, -0.25) is 9.59 Å². The van der Waals surface area contributed by atoms with E-state index in [4.69, 9.17) is 0 Å². The summed E-state index contributed by atoms with van der Waals surface area (Å²) in [4.78, 5) is 30.7. The second-order valence-electron chi connectivity index (χ2n) is 5.87. The number of aromatic nitrogens is 1. The van der Waals surface area contributed by atoms with Crippen molar-refractivity contribution in [3.8, 4) is 0 Å². The van der Waals surface area contributed by atoms with Gasteiger partial charge in [-0.05, 0) is 32.7 Å². The van der Waals surface area contributed by atoms with E-state index in [2.05, 4.69) is 17.2 Å². The minimum absolute atomic E-state index is 0.0534. The lowest BCUT2D eigenvalue weighted by Crippen LogP contribution is -2.32. The number of thiazole rings is 1. The number of nitrogens with zero attached hydrogens (tertiary/aromatic N) is 2. The van der Waals surface area contributed by atoms with E-state index in [0.29, 0.717) is 11.0 Å².